The van der Waals surface area contributed by atoms with E-state index in [0.29, 0.717) is 25.3 Å². The van der Waals surface area contributed by atoms with Crippen molar-refractivity contribution in [3.63, 3.8) is 0 Å². The van der Waals surface area contributed by atoms with Crippen molar-refractivity contribution in [2.75, 3.05) is 18.5 Å². The Balaban J connectivity index is 1.77. The highest BCUT2D eigenvalue weighted by Crippen LogP contribution is 2.15. The minimum absolute atomic E-state index is 0.0672. The molecule has 0 saturated carbocycles. The fraction of sp³-hybridized carbons (Fsp3) is 0.333. The average molecular weight is 434 g/mol. The average Bonchev–Trinajstić information content (AvgIpc) is 2.72. The molecule has 0 radical (unpaired) electrons. The number of carbonyl (C=O) groups is 2. The van der Waals surface area contributed by atoms with E-state index < -0.39 is 16.1 Å². The fourth-order valence-electron chi connectivity index (χ4n) is 2.48. The van der Waals surface area contributed by atoms with Gasteiger partial charge in [0.2, 0.25) is 5.91 Å². The second kappa shape index (κ2) is 11.8. The van der Waals surface area contributed by atoms with Crippen LogP contribution in [-0.4, -0.2) is 33.5 Å². The van der Waals surface area contributed by atoms with Crippen molar-refractivity contribution in [1.29, 1.82) is 0 Å². The van der Waals surface area contributed by atoms with Gasteiger partial charge in [-0.3, -0.25) is 4.79 Å². The highest BCUT2D eigenvalue weighted by Gasteiger charge is 2.17. The predicted octanol–water partition coefficient (Wildman–Crippen LogP) is 3.27. The molecule has 0 fully saturated rings. The number of sulfonamides is 1. The lowest BCUT2D eigenvalue weighted by molar-refractivity contribution is -0.116. The maximum Gasteiger partial charge on any atom is 0.328 e. The van der Waals surface area contributed by atoms with Gasteiger partial charge in [0, 0.05) is 18.7 Å². The third-order valence-corrected chi connectivity index (χ3v) is 5.40. The topological polar surface area (TPSA) is 114 Å². The molecular weight excluding hydrogens is 406 g/mol. The molecule has 0 unspecified atom stereocenters. The lowest BCUT2D eigenvalue weighted by atomic mass is 10.2. The van der Waals surface area contributed by atoms with Crippen LogP contribution in [-0.2, 0) is 14.8 Å². The van der Waals surface area contributed by atoms with E-state index in [1.165, 1.54) is 24.3 Å². The smallest absolute Gasteiger partial charge is 0.328 e. The minimum Gasteiger partial charge on any atom is -0.494 e. The molecular formula is C21H27N3O5S. The van der Waals surface area contributed by atoms with E-state index in [9.17, 15) is 18.0 Å². The van der Waals surface area contributed by atoms with Gasteiger partial charge in [-0.25, -0.2) is 17.9 Å². The van der Waals surface area contributed by atoms with Crippen LogP contribution in [0.25, 0.3) is 0 Å². The Morgan fingerprint density at radius 2 is 1.67 bits per heavy atom. The maximum atomic E-state index is 12.2. The summed E-state index contributed by atoms with van der Waals surface area (Å²) >= 11 is 0. The van der Waals surface area contributed by atoms with Crippen molar-refractivity contribution in [1.82, 2.24) is 10.0 Å². The van der Waals surface area contributed by atoms with Gasteiger partial charge in [0.1, 0.15) is 5.75 Å². The van der Waals surface area contributed by atoms with Gasteiger partial charge in [0.15, 0.2) is 0 Å². The number of hydrogen-bond acceptors (Lipinski definition) is 5. The summed E-state index contributed by atoms with van der Waals surface area (Å²) in [6.07, 6.45) is 2.47. The van der Waals surface area contributed by atoms with Crippen molar-refractivity contribution in [3.8, 4) is 5.75 Å². The summed E-state index contributed by atoms with van der Waals surface area (Å²) in [6.45, 7) is 2.79. The molecule has 0 bridgehead atoms. The fourth-order valence-corrected chi connectivity index (χ4v) is 3.40. The number of amides is 3. The predicted molar refractivity (Wildman–Crippen MR) is 115 cm³/mol. The molecule has 0 aliphatic rings. The standard InChI is InChI=1S/C21H27N3O5S/c1-2-3-15-22-21(26)24-30(27,28)19-13-11-17(12-14-19)23-20(25)10-7-16-29-18-8-5-4-6-9-18/h4-6,8-9,11-14H,2-3,7,10,15-16H2,1H3,(H,23,25)(H2,22,24,26). The molecule has 0 spiro atoms. The zero-order valence-corrected chi connectivity index (χ0v) is 17.7. The monoisotopic (exact) mass is 433 g/mol. The number of para-hydroxylation sites is 1. The Morgan fingerprint density at radius 3 is 2.33 bits per heavy atom. The summed E-state index contributed by atoms with van der Waals surface area (Å²) in [6, 6.07) is 14.2. The van der Waals surface area contributed by atoms with Crippen molar-refractivity contribution in [2.24, 2.45) is 0 Å². The van der Waals surface area contributed by atoms with Crippen molar-refractivity contribution in [2.45, 2.75) is 37.5 Å². The molecule has 162 valence electrons. The van der Waals surface area contributed by atoms with E-state index in [0.717, 1.165) is 18.6 Å². The molecule has 3 N–H and O–H groups in total. The Bertz CT molecular complexity index is 915. The van der Waals surface area contributed by atoms with Crippen LogP contribution in [0.2, 0.25) is 0 Å². The van der Waals surface area contributed by atoms with E-state index in [2.05, 4.69) is 10.6 Å². The number of carbonyl (C=O) groups excluding carboxylic acids is 2. The van der Waals surface area contributed by atoms with Crippen molar-refractivity contribution >= 4 is 27.6 Å². The lowest BCUT2D eigenvalue weighted by Crippen LogP contribution is -2.39. The second-order valence-corrected chi connectivity index (χ2v) is 8.23. The molecule has 2 aromatic rings. The summed E-state index contributed by atoms with van der Waals surface area (Å²) in [7, 11) is -3.98. The van der Waals surface area contributed by atoms with Gasteiger partial charge < -0.3 is 15.4 Å². The summed E-state index contributed by atoms with van der Waals surface area (Å²) in [4.78, 5) is 23.6. The first kappa shape index (κ1) is 23.2. The molecule has 0 heterocycles. The quantitative estimate of drug-likeness (QED) is 0.471. The van der Waals surface area contributed by atoms with Crippen LogP contribution in [0, 0.1) is 0 Å². The number of benzene rings is 2. The largest absolute Gasteiger partial charge is 0.494 e. The Kier molecular flexibility index (Phi) is 9.14. The minimum atomic E-state index is -3.98. The van der Waals surface area contributed by atoms with E-state index in [4.69, 9.17) is 4.74 Å². The molecule has 30 heavy (non-hydrogen) atoms. The van der Waals surface area contributed by atoms with Gasteiger partial charge in [-0.1, -0.05) is 31.5 Å². The molecule has 8 nitrogen and oxygen atoms in total. The van der Waals surface area contributed by atoms with Crippen LogP contribution in [0.4, 0.5) is 10.5 Å². The molecule has 2 rings (SSSR count). The van der Waals surface area contributed by atoms with E-state index in [-0.39, 0.29) is 17.2 Å². The van der Waals surface area contributed by atoms with Gasteiger partial charge >= 0.3 is 6.03 Å². The normalized spacial score (nSPS) is 10.8. The van der Waals surface area contributed by atoms with E-state index >= 15 is 0 Å². The number of nitrogens with one attached hydrogen (secondary N) is 3. The highest BCUT2D eigenvalue weighted by molar-refractivity contribution is 7.90. The van der Waals surface area contributed by atoms with Gasteiger partial charge in [-0.05, 0) is 49.2 Å². The molecule has 3 amide bonds. The maximum absolute atomic E-state index is 12.2. The Morgan fingerprint density at radius 1 is 0.967 bits per heavy atom. The van der Waals surface area contributed by atoms with Crippen LogP contribution >= 0.6 is 0 Å². The highest BCUT2D eigenvalue weighted by atomic mass is 32.2. The third kappa shape index (κ3) is 8.12. The zero-order chi connectivity index (χ0) is 21.8. The Labute approximate surface area is 177 Å². The molecule has 0 aliphatic heterocycles. The van der Waals surface area contributed by atoms with Crippen LogP contribution in [0.3, 0.4) is 0 Å². The zero-order valence-electron chi connectivity index (χ0n) is 16.9. The number of ether oxygens (including phenoxy) is 1. The number of anilines is 1. The summed E-state index contributed by atoms with van der Waals surface area (Å²) in [5, 5.41) is 5.19. The van der Waals surface area contributed by atoms with Crippen LogP contribution in [0.5, 0.6) is 5.75 Å². The van der Waals surface area contributed by atoms with Crippen LogP contribution < -0.4 is 20.1 Å². The Hall–Kier alpha value is -3.07. The van der Waals surface area contributed by atoms with Crippen molar-refractivity contribution in [3.05, 3.63) is 54.6 Å². The SMILES string of the molecule is CCCCNC(=O)NS(=O)(=O)c1ccc(NC(=O)CCCOc2ccccc2)cc1. The molecule has 0 atom stereocenters. The van der Waals surface area contributed by atoms with E-state index in [1.54, 1.807) is 0 Å². The summed E-state index contributed by atoms with van der Waals surface area (Å²) < 4.78 is 32.0. The number of urea groups is 1. The molecule has 0 saturated heterocycles. The molecule has 9 heteroatoms. The first-order valence-electron chi connectivity index (χ1n) is 9.79. The summed E-state index contributed by atoms with van der Waals surface area (Å²) in [5.41, 5.74) is 0.468. The third-order valence-electron chi connectivity index (χ3n) is 4.05. The number of rotatable bonds is 11. The van der Waals surface area contributed by atoms with Gasteiger partial charge in [0.25, 0.3) is 10.0 Å². The van der Waals surface area contributed by atoms with Crippen LogP contribution in [0.15, 0.2) is 59.5 Å². The van der Waals surface area contributed by atoms with Crippen LogP contribution in [0.1, 0.15) is 32.6 Å². The summed E-state index contributed by atoms with van der Waals surface area (Å²) in [5.74, 6) is 0.554. The first-order chi connectivity index (χ1) is 14.4. The van der Waals surface area contributed by atoms with Crippen molar-refractivity contribution < 1.29 is 22.7 Å². The number of hydrogen-bond donors (Lipinski definition) is 3. The van der Waals surface area contributed by atoms with Gasteiger partial charge in [-0.15, -0.1) is 0 Å². The number of unbranched alkanes of at least 4 members (excludes halogenated alkanes) is 1. The van der Waals surface area contributed by atoms with Gasteiger partial charge in [-0.2, -0.15) is 0 Å². The molecule has 0 aliphatic carbocycles. The lowest BCUT2D eigenvalue weighted by Gasteiger charge is -2.10. The molecule has 0 aromatic heterocycles. The molecule has 2 aromatic carbocycles. The first-order valence-corrected chi connectivity index (χ1v) is 11.3. The van der Waals surface area contributed by atoms with Gasteiger partial charge in [0.05, 0.1) is 11.5 Å². The van der Waals surface area contributed by atoms with E-state index in [1.807, 2.05) is 42.0 Å². The second-order valence-electron chi connectivity index (χ2n) is 6.55.